The number of aromatic nitrogens is 4. The van der Waals surface area contributed by atoms with E-state index in [1.165, 1.54) is 0 Å². The Balaban J connectivity index is 1.03. The Kier molecular flexibility index (Phi) is 13.0. The van der Waals surface area contributed by atoms with Crippen molar-refractivity contribution in [2.75, 3.05) is 63.9 Å². The predicted molar refractivity (Wildman–Crippen MR) is 221 cm³/mol. The van der Waals surface area contributed by atoms with Crippen LogP contribution in [0, 0.1) is 0 Å². The zero-order chi connectivity index (χ0) is 38.9. The normalized spacial score (nSPS) is 15.5. The summed E-state index contributed by atoms with van der Waals surface area (Å²) in [5.74, 6) is 4.33. The van der Waals surface area contributed by atoms with Gasteiger partial charge in [-0.3, -0.25) is 10.3 Å². The maximum atomic E-state index is 6.60. The molecular weight excluding hydrogens is 728 g/mol. The van der Waals surface area contributed by atoms with E-state index < -0.39 is 0 Å². The molecule has 56 heavy (non-hydrogen) atoms. The zero-order valence-corrected chi connectivity index (χ0v) is 33.4. The van der Waals surface area contributed by atoms with Gasteiger partial charge in [-0.2, -0.15) is 0 Å². The quantitative estimate of drug-likeness (QED) is 0.104. The third-order valence-electron chi connectivity index (χ3n) is 10.5. The van der Waals surface area contributed by atoms with Crippen LogP contribution < -0.4 is 29.3 Å². The molecule has 2 aliphatic rings. The minimum atomic E-state index is 0.282. The van der Waals surface area contributed by atoms with Gasteiger partial charge < -0.3 is 23.8 Å². The van der Waals surface area contributed by atoms with Gasteiger partial charge in [-0.05, 0) is 92.6 Å². The Labute approximate surface area is 334 Å². The number of hydrazine groups is 1. The van der Waals surface area contributed by atoms with E-state index in [4.69, 9.17) is 50.5 Å². The lowest BCUT2D eigenvalue weighted by Crippen LogP contribution is -2.54. The number of halogens is 1. The standard InChI is InChI=1S/C43H51ClN8O4/c1-5-55-39-23-30(24-40(41(39)44)56-6-2)29-50-19-15-35(16-20-50)52(49-42-45-25-33(26-46-42)31-7-11-37(53-3)12-8-31)36-17-21-51(22-18-36)43-47-27-34(28-48-43)32-9-13-38(54-4)14-10-32/h7-14,23-28,35-36H,5-6,15-22,29H2,1-4H3,(H,45,46,49). The van der Waals surface area contributed by atoms with Crippen molar-refractivity contribution < 1.29 is 18.9 Å². The first-order valence-electron chi connectivity index (χ1n) is 19.5. The summed E-state index contributed by atoms with van der Waals surface area (Å²) < 4.78 is 22.4. The molecule has 0 aliphatic carbocycles. The topological polar surface area (TPSA) is 110 Å². The van der Waals surface area contributed by atoms with Crippen LogP contribution in [0.5, 0.6) is 23.0 Å². The first-order chi connectivity index (χ1) is 27.4. The highest BCUT2D eigenvalue weighted by molar-refractivity contribution is 6.33. The van der Waals surface area contributed by atoms with Gasteiger partial charge in [0.05, 0.1) is 27.4 Å². The van der Waals surface area contributed by atoms with E-state index in [1.807, 2.05) is 99.3 Å². The minimum Gasteiger partial charge on any atom is -0.497 e. The second-order valence-corrected chi connectivity index (χ2v) is 14.4. The van der Waals surface area contributed by atoms with Crippen LogP contribution in [0.3, 0.4) is 0 Å². The number of benzene rings is 3. The summed E-state index contributed by atoms with van der Waals surface area (Å²) in [5.41, 5.74) is 8.84. The molecule has 0 bridgehead atoms. The number of rotatable bonds is 15. The van der Waals surface area contributed by atoms with Crippen molar-refractivity contribution in [2.45, 2.75) is 58.2 Å². The number of ether oxygens (including phenoxy) is 4. The molecule has 0 saturated carbocycles. The molecule has 0 amide bonds. The molecule has 0 spiro atoms. The lowest BCUT2D eigenvalue weighted by molar-refractivity contribution is 0.0807. The van der Waals surface area contributed by atoms with Crippen LogP contribution in [-0.4, -0.2) is 95.5 Å². The number of piperidine rings is 2. The molecule has 0 unspecified atom stereocenters. The van der Waals surface area contributed by atoms with E-state index in [-0.39, 0.29) is 6.04 Å². The van der Waals surface area contributed by atoms with Gasteiger partial charge in [0.1, 0.15) is 28.0 Å². The average Bonchev–Trinajstić information content (AvgIpc) is 3.25. The fraction of sp³-hybridized carbons (Fsp3) is 0.395. The molecule has 294 valence electrons. The van der Waals surface area contributed by atoms with Crippen molar-refractivity contribution in [3.63, 3.8) is 0 Å². The van der Waals surface area contributed by atoms with Crippen LogP contribution in [0.15, 0.2) is 85.5 Å². The summed E-state index contributed by atoms with van der Waals surface area (Å²) in [6, 6.07) is 20.6. The Bertz CT molecular complexity index is 1960. The summed E-state index contributed by atoms with van der Waals surface area (Å²) in [7, 11) is 3.34. The second kappa shape index (κ2) is 18.6. The maximum Gasteiger partial charge on any atom is 0.237 e. The van der Waals surface area contributed by atoms with Crippen molar-refractivity contribution in [3.8, 4) is 45.3 Å². The fourth-order valence-electron chi connectivity index (χ4n) is 7.53. The minimum absolute atomic E-state index is 0.282. The van der Waals surface area contributed by atoms with E-state index in [2.05, 4.69) is 20.2 Å². The van der Waals surface area contributed by atoms with Crippen molar-refractivity contribution >= 4 is 23.5 Å². The number of methoxy groups -OCH3 is 2. The summed E-state index contributed by atoms with van der Waals surface area (Å²) in [6.45, 7) is 9.40. The summed E-state index contributed by atoms with van der Waals surface area (Å²) >= 11 is 6.60. The molecule has 0 radical (unpaired) electrons. The predicted octanol–water partition coefficient (Wildman–Crippen LogP) is 8.03. The number of hydrogen-bond acceptors (Lipinski definition) is 12. The zero-order valence-electron chi connectivity index (χ0n) is 32.7. The first kappa shape index (κ1) is 39.1. The highest BCUT2D eigenvalue weighted by Crippen LogP contribution is 2.37. The Morgan fingerprint density at radius 3 is 1.59 bits per heavy atom. The van der Waals surface area contributed by atoms with E-state index >= 15 is 0 Å². The van der Waals surface area contributed by atoms with Crippen LogP contribution in [0.2, 0.25) is 5.02 Å². The van der Waals surface area contributed by atoms with Gasteiger partial charge in [0.2, 0.25) is 11.9 Å². The van der Waals surface area contributed by atoms with E-state index in [0.717, 1.165) is 104 Å². The summed E-state index contributed by atoms with van der Waals surface area (Å²) in [6.07, 6.45) is 11.5. The first-order valence-corrected chi connectivity index (χ1v) is 19.9. The molecule has 5 aromatic rings. The maximum absolute atomic E-state index is 6.60. The molecule has 4 heterocycles. The highest BCUT2D eigenvalue weighted by atomic mass is 35.5. The van der Waals surface area contributed by atoms with Gasteiger partial charge in [-0.25, -0.2) is 24.9 Å². The fourth-order valence-corrected chi connectivity index (χ4v) is 7.75. The van der Waals surface area contributed by atoms with Crippen molar-refractivity contribution in [3.05, 3.63) is 96.0 Å². The van der Waals surface area contributed by atoms with Gasteiger partial charge in [0, 0.05) is 80.7 Å². The van der Waals surface area contributed by atoms with E-state index in [0.29, 0.717) is 41.7 Å². The van der Waals surface area contributed by atoms with Gasteiger partial charge in [-0.1, -0.05) is 35.9 Å². The Morgan fingerprint density at radius 1 is 0.661 bits per heavy atom. The van der Waals surface area contributed by atoms with Crippen LogP contribution in [0.25, 0.3) is 22.3 Å². The largest absolute Gasteiger partial charge is 0.497 e. The number of hydrogen-bond donors (Lipinski definition) is 1. The number of nitrogens with one attached hydrogen (secondary N) is 1. The van der Waals surface area contributed by atoms with Crippen LogP contribution in [0.4, 0.5) is 11.9 Å². The molecule has 7 rings (SSSR count). The van der Waals surface area contributed by atoms with Crippen LogP contribution >= 0.6 is 11.6 Å². The smallest absolute Gasteiger partial charge is 0.237 e. The van der Waals surface area contributed by atoms with Gasteiger partial charge in [-0.15, -0.1) is 0 Å². The van der Waals surface area contributed by atoms with Crippen LogP contribution in [0.1, 0.15) is 45.1 Å². The molecule has 0 atom stereocenters. The van der Waals surface area contributed by atoms with Gasteiger partial charge in [0.25, 0.3) is 0 Å². The van der Waals surface area contributed by atoms with Crippen molar-refractivity contribution in [1.82, 2.24) is 29.8 Å². The molecular formula is C43H51ClN8O4. The average molecular weight is 779 g/mol. The summed E-state index contributed by atoms with van der Waals surface area (Å²) in [4.78, 5) is 23.9. The molecule has 2 aromatic heterocycles. The number of nitrogens with zero attached hydrogens (tertiary/aromatic N) is 7. The van der Waals surface area contributed by atoms with E-state index in [1.54, 1.807) is 14.2 Å². The lowest BCUT2D eigenvalue weighted by atomic mass is 9.98. The van der Waals surface area contributed by atoms with Crippen molar-refractivity contribution in [2.24, 2.45) is 0 Å². The van der Waals surface area contributed by atoms with Crippen molar-refractivity contribution in [1.29, 1.82) is 0 Å². The SMILES string of the molecule is CCOc1cc(CN2CCC(N(Nc3ncc(-c4ccc(OC)cc4)cn3)C3CCN(c4ncc(-c5ccc(OC)cc5)cn4)CC3)CC2)cc(OCC)c1Cl. The van der Waals surface area contributed by atoms with Gasteiger partial charge >= 0.3 is 0 Å². The lowest BCUT2D eigenvalue weighted by Gasteiger charge is -2.45. The number of anilines is 2. The molecule has 13 heteroatoms. The third kappa shape index (κ3) is 9.43. The Hall–Kier alpha value is -5.17. The third-order valence-corrected chi connectivity index (χ3v) is 10.9. The summed E-state index contributed by atoms with van der Waals surface area (Å²) in [5, 5.41) is 2.97. The molecule has 3 aromatic carbocycles. The van der Waals surface area contributed by atoms with Crippen LogP contribution in [-0.2, 0) is 6.54 Å². The molecule has 2 saturated heterocycles. The van der Waals surface area contributed by atoms with E-state index in [9.17, 15) is 0 Å². The second-order valence-electron chi connectivity index (χ2n) is 14.0. The number of likely N-dealkylation sites (tertiary alicyclic amines) is 1. The Morgan fingerprint density at radius 2 is 1.12 bits per heavy atom. The monoisotopic (exact) mass is 778 g/mol. The molecule has 1 N–H and O–H groups in total. The van der Waals surface area contributed by atoms with Gasteiger partial charge in [0.15, 0.2) is 0 Å². The molecule has 2 aliphatic heterocycles. The highest BCUT2D eigenvalue weighted by Gasteiger charge is 2.33. The molecule has 12 nitrogen and oxygen atoms in total. The molecule has 2 fully saturated rings.